The quantitative estimate of drug-likeness (QED) is 0.468. The molecule has 2 heterocycles. The Morgan fingerprint density at radius 3 is 2.62 bits per heavy atom. The third kappa shape index (κ3) is 3.80. The van der Waals surface area contributed by atoms with Crippen molar-refractivity contribution in [2.45, 2.75) is 10.3 Å². The molecule has 0 saturated heterocycles. The van der Waals surface area contributed by atoms with Crippen LogP contribution in [0.25, 0.3) is 0 Å². The zero-order valence-corrected chi connectivity index (χ0v) is 13.9. The number of alkyl halides is 3. The molecule has 0 radical (unpaired) electrons. The summed E-state index contributed by atoms with van der Waals surface area (Å²) in [5.41, 5.74) is 1.36. The Morgan fingerprint density at radius 2 is 2.10 bits per heavy atom. The highest BCUT2D eigenvalue weighted by atomic mass is 35.6. The van der Waals surface area contributed by atoms with Crippen LogP contribution in [-0.4, -0.2) is 27.2 Å². The third-order valence-electron chi connectivity index (χ3n) is 2.74. The molecule has 0 bridgehead atoms. The minimum absolute atomic E-state index is 0.144. The molecule has 0 amide bonds. The van der Waals surface area contributed by atoms with E-state index in [4.69, 9.17) is 39.5 Å². The fourth-order valence-electron chi connectivity index (χ4n) is 1.78. The van der Waals surface area contributed by atoms with Crippen molar-refractivity contribution < 1.29 is 14.3 Å². The predicted octanol–water partition coefficient (Wildman–Crippen LogP) is 3.94. The van der Waals surface area contributed by atoms with E-state index in [-0.39, 0.29) is 11.3 Å². The molecule has 2 rings (SSSR count). The zero-order valence-electron chi connectivity index (χ0n) is 10.8. The van der Waals surface area contributed by atoms with E-state index in [2.05, 4.69) is 0 Å². The smallest absolute Gasteiger partial charge is 0.354 e. The second-order valence-corrected chi connectivity index (χ2v) is 7.25. The first-order valence-corrected chi connectivity index (χ1v) is 7.81. The molecule has 4 nitrogen and oxygen atoms in total. The van der Waals surface area contributed by atoms with Crippen LogP contribution in [0.15, 0.2) is 29.1 Å². The average Bonchev–Trinajstić information content (AvgIpc) is 3.06. The van der Waals surface area contributed by atoms with E-state index in [0.29, 0.717) is 6.54 Å². The molecule has 0 spiro atoms. The lowest BCUT2D eigenvalue weighted by atomic mass is 10.2. The number of rotatable bonds is 4. The van der Waals surface area contributed by atoms with E-state index in [1.807, 2.05) is 16.8 Å². The first-order chi connectivity index (χ1) is 9.82. The van der Waals surface area contributed by atoms with Gasteiger partial charge in [-0.15, -0.1) is 0 Å². The van der Waals surface area contributed by atoms with Crippen molar-refractivity contribution in [3.05, 3.63) is 45.9 Å². The fourth-order valence-corrected chi connectivity index (χ4v) is 2.77. The molecule has 2 aromatic rings. The second kappa shape index (κ2) is 6.40. The topological polar surface area (TPSA) is 48.3 Å². The Bertz CT molecular complexity index is 659. The lowest BCUT2D eigenvalue weighted by Crippen LogP contribution is -2.18. The minimum atomic E-state index is -2.07. The van der Waals surface area contributed by atoms with Gasteiger partial charge in [0.15, 0.2) is 0 Å². The number of hydrogen-bond acceptors (Lipinski definition) is 4. The molecule has 0 atom stereocenters. The van der Waals surface area contributed by atoms with Gasteiger partial charge in [-0.3, -0.25) is 4.79 Å². The number of methoxy groups -OCH3 is 1. The van der Waals surface area contributed by atoms with Crippen molar-refractivity contribution in [2.75, 3.05) is 7.11 Å². The van der Waals surface area contributed by atoms with E-state index < -0.39 is 15.5 Å². The number of nitrogens with zero attached hydrogens (tertiary/aromatic N) is 1. The Labute approximate surface area is 140 Å². The van der Waals surface area contributed by atoms with Gasteiger partial charge in [0.2, 0.25) is 5.78 Å². The summed E-state index contributed by atoms with van der Waals surface area (Å²) in [6, 6.07) is 3.28. The molecule has 0 aliphatic rings. The summed E-state index contributed by atoms with van der Waals surface area (Å²) >= 11 is 18.3. The number of aromatic nitrogens is 1. The number of carbonyl (C=O) groups is 2. The predicted molar refractivity (Wildman–Crippen MR) is 83.8 cm³/mol. The third-order valence-corrected chi connectivity index (χ3v) is 3.99. The van der Waals surface area contributed by atoms with Crippen LogP contribution in [0.2, 0.25) is 0 Å². The van der Waals surface area contributed by atoms with Crippen molar-refractivity contribution in [2.24, 2.45) is 0 Å². The number of carbonyl (C=O) groups excluding carboxylic acids is 2. The van der Waals surface area contributed by atoms with Gasteiger partial charge >= 0.3 is 5.97 Å². The number of ether oxygens (including phenoxy) is 1. The number of ketones is 1. The van der Waals surface area contributed by atoms with E-state index in [0.717, 1.165) is 5.56 Å². The van der Waals surface area contributed by atoms with Crippen LogP contribution in [0.3, 0.4) is 0 Å². The maximum atomic E-state index is 12.0. The highest BCUT2D eigenvalue weighted by Crippen LogP contribution is 2.31. The van der Waals surface area contributed by atoms with Crippen LogP contribution in [0.5, 0.6) is 0 Å². The van der Waals surface area contributed by atoms with Crippen molar-refractivity contribution in [1.82, 2.24) is 4.57 Å². The summed E-state index contributed by atoms with van der Waals surface area (Å²) in [4.78, 5) is 23.8. The number of halogens is 3. The maximum Gasteiger partial charge on any atom is 0.354 e. The van der Waals surface area contributed by atoms with Crippen LogP contribution in [0.4, 0.5) is 0 Å². The molecule has 0 unspecified atom stereocenters. The number of thiophene rings is 1. The van der Waals surface area contributed by atoms with Gasteiger partial charge in [0.05, 0.1) is 7.11 Å². The first-order valence-electron chi connectivity index (χ1n) is 5.74. The molecule has 112 valence electrons. The Morgan fingerprint density at radius 1 is 1.38 bits per heavy atom. The number of esters is 1. The van der Waals surface area contributed by atoms with Crippen LogP contribution in [0, 0.1) is 0 Å². The Kier molecular flexibility index (Phi) is 4.99. The number of hydrogen-bond donors (Lipinski definition) is 0. The Hall–Kier alpha value is -1.01. The molecule has 2 aromatic heterocycles. The lowest BCUT2D eigenvalue weighted by Gasteiger charge is -2.07. The van der Waals surface area contributed by atoms with Gasteiger partial charge < -0.3 is 9.30 Å². The summed E-state index contributed by atoms with van der Waals surface area (Å²) in [6.45, 7) is 0.418. The molecular weight excluding hydrogens is 357 g/mol. The molecule has 8 heteroatoms. The highest BCUT2D eigenvalue weighted by molar-refractivity contribution is 7.07. The second-order valence-electron chi connectivity index (χ2n) is 4.19. The maximum absolute atomic E-state index is 12.0. The van der Waals surface area contributed by atoms with Gasteiger partial charge in [0, 0.05) is 18.3 Å². The summed E-state index contributed by atoms with van der Waals surface area (Å²) in [5.74, 6) is -1.25. The van der Waals surface area contributed by atoms with Crippen molar-refractivity contribution >= 4 is 57.9 Å². The first kappa shape index (κ1) is 16.4. The van der Waals surface area contributed by atoms with Crippen molar-refractivity contribution in [1.29, 1.82) is 0 Å². The van der Waals surface area contributed by atoms with Crippen LogP contribution in [-0.2, 0) is 11.3 Å². The van der Waals surface area contributed by atoms with Crippen LogP contribution < -0.4 is 0 Å². The van der Waals surface area contributed by atoms with Gasteiger partial charge in [-0.1, -0.05) is 34.8 Å². The lowest BCUT2D eigenvalue weighted by molar-refractivity contribution is 0.0589. The van der Waals surface area contributed by atoms with Crippen LogP contribution >= 0.6 is 46.1 Å². The molecule has 0 aliphatic heterocycles. The van der Waals surface area contributed by atoms with Gasteiger partial charge in [-0.05, 0) is 28.5 Å². The van der Waals surface area contributed by atoms with Crippen LogP contribution in [0.1, 0.15) is 26.4 Å². The van der Waals surface area contributed by atoms with E-state index in [1.165, 1.54) is 30.7 Å². The monoisotopic (exact) mass is 365 g/mol. The van der Waals surface area contributed by atoms with E-state index in [1.54, 1.807) is 4.57 Å². The molecule has 0 fully saturated rings. The van der Waals surface area contributed by atoms with Gasteiger partial charge in [0.1, 0.15) is 5.69 Å². The molecule has 0 aliphatic carbocycles. The van der Waals surface area contributed by atoms with Crippen molar-refractivity contribution in [3.63, 3.8) is 0 Å². The minimum Gasteiger partial charge on any atom is -0.464 e. The Balaban J connectivity index is 2.40. The summed E-state index contributed by atoms with van der Waals surface area (Å²) in [6.07, 6.45) is 1.48. The van der Waals surface area contributed by atoms with Crippen molar-refractivity contribution in [3.8, 4) is 0 Å². The average molecular weight is 367 g/mol. The van der Waals surface area contributed by atoms with E-state index >= 15 is 0 Å². The van der Waals surface area contributed by atoms with E-state index in [9.17, 15) is 9.59 Å². The highest BCUT2D eigenvalue weighted by Gasteiger charge is 2.33. The largest absolute Gasteiger partial charge is 0.464 e. The summed E-state index contributed by atoms with van der Waals surface area (Å²) in [7, 11) is 1.26. The summed E-state index contributed by atoms with van der Waals surface area (Å²) in [5, 5.41) is 3.86. The van der Waals surface area contributed by atoms with Gasteiger partial charge in [-0.2, -0.15) is 11.3 Å². The standard InChI is InChI=1S/C13H10Cl3NO3S/c1-20-12(19)10-4-9(11(18)13(14,15)16)6-17(10)5-8-2-3-21-7-8/h2-4,6-7H,5H2,1H3. The summed E-state index contributed by atoms with van der Waals surface area (Å²) < 4.78 is 4.23. The molecular formula is C13H10Cl3NO3S. The fraction of sp³-hybridized carbons (Fsp3) is 0.231. The number of Topliss-reactive ketones (excluding diaryl/α,β-unsaturated/α-hetero) is 1. The molecule has 0 saturated carbocycles. The SMILES string of the molecule is COC(=O)c1cc(C(=O)C(Cl)(Cl)Cl)cn1Cc1ccsc1. The molecule has 21 heavy (non-hydrogen) atoms. The zero-order chi connectivity index (χ0) is 15.6. The van der Waals surface area contributed by atoms with Gasteiger partial charge in [0.25, 0.3) is 3.79 Å². The molecule has 0 aromatic carbocycles. The van der Waals surface area contributed by atoms with Gasteiger partial charge in [-0.25, -0.2) is 4.79 Å². The normalized spacial score (nSPS) is 11.4. The molecule has 0 N–H and O–H groups in total.